The van der Waals surface area contributed by atoms with E-state index in [4.69, 9.17) is 11.6 Å². The first-order valence-corrected chi connectivity index (χ1v) is 5.25. The molecule has 2 aromatic rings. The summed E-state index contributed by atoms with van der Waals surface area (Å²) in [5, 5.41) is 15.3. The van der Waals surface area contributed by atoms with Crippen LogP contribution in [0.5, 0.6) is 0 Å². The number of halogens is 1. The van der Waals surface area contributed by atoms with E-state index in [1.54, 1.807) is 0 Å². The third kappa shape index (κ3) is 1.99. The number of tetrazole rings is 1. The lowest BCUT2D eigenvalue weighted by Gasteiger charge is -2.19. The fraction of sp³-hybridized carbons (Fsp3) is 0.500. The van der Waals surface area contributed by atoms with Crippen molar-refractivity contribution in [2.45, 2.75) is 6.92 Å². The van der Waals surface area contributed by atoms with Crippen LogP contribution in [-0.2, 0) is 0 Å². The van der Waals surface area contributed by atoms with E-state index in [1.807, 2.05) is 12.1 Å². The molecule has 80 valence electrons. The summed E-state index contributed by atoms with van der Waals surface area (Å²) in [6.45, 7) is 3.67. The minimum atomic E-state index is 0.573. The topological polar surface area (TPSA) is 59.2 Å². The van der Waals surface area contributed by atoms with E-state index in [0.29, 0.717) is 11.5 Å². The van der Waals surface area contributed by atoms with Crippen molar-refractivity contribution in [3.63, 3.8) is 0 Å². The van der Waals surface area contributed by atoms with Gasteiger partial charge in [-0.25, -0.2) is 0 Å². The Labute approximate surface area is 91.8 Å². The normalized spacial score (nSPS) is 10.8. The second kappa shape index (κ2) is 4.39. The van der Waals surface area contributed by atoms with Crippen molar-refractivity contribution in [1.29, 1.82) is 0 Å². The molecule has 0 spiro atoms. The molecule has 2 aromatic heterocycles. The van der Waals surface area contributed by atoms with Gasteiger partial charge in [-0.05, 0) is 29.5 Å². The van der Waals surface area contributed by atoms with Crippen molar-refractivity contribution in [3.05, 3.63) is 12.1 Å². The fourth-order valence-electron chi connectivity index (χ4n) is 1.35. The van der Waals surface area contributed by atoms with Gasteiger partial charge in [0.1, 0.15) is 0 Å². The first-order valence-electron chi connectivity index (χ1n) is 4.71. The summed E-state index contributed by atoms with van der Waals surface area (Å²) < 4.78 is 1.41. The highest BCUT2D eigenvalue weighted by Crippen LogP contribution is 2.09. The largest absolute Gasteiger partial charge is 0.354 e. The summed E-state index contributed by atoms with van der Waals surface area (Å²) in [5.74, 6) is 1.40. The molecule has 0 amide bonds. The van der Waals surface area contributed by atoms with Gasteiger partial charge in [-0.2, -0.15) is 0 Å². The van der Waals surface area contributed by atoms with E-state index in [9.17, 15) is 0 Å². The molecule has 0 saturated heterocycles. The Bertz CT molecular complexity index is 441. The van der Waals surface area contributed by atoms with Crippen molar-refractivity contribution in [2.75, 3.05) is 23.9 Å². The lowest BCUT2D eigenvalue weighted by molar-refractivity contribution is 0.715. The maximum absolute atomic E-state index is 5.71. The first kappa shape index (κ1) is 10.1. The van der Waals surface area contributed by atoms with Crippen LogP contribution in [0.1, 0.15) is 6.92 Å². The molecule has 0 bridgehead atoms. The molecule has 0 aliphatic rings. The van der Waals surface area contributed by atoms with Crippen molar-refractivity contribution < 1.29 is 0 Å². The highest BCUT2D eigenvalue weighted by atomic mass is 35.5. The molecule has 0 radical (unpaired) electrons. The predicted octanol–water partition coefficient (Wildman–Crippen LogP) is 0.584. The molecule has 0 saturated carbocycles. The monoisotopic (exact) mass is 226 g/mol. The Kier molecular flexibility index (Phi) is 2.96. The molecule has 7 heteroatoms. The molecular weight excluding hydrogens is 216 g/mol. The minimum Gasteiger partial charge on any atom is -0.354 e. The lowest BCUT2D eigenvalue weighted by atomic mass is 10.4. The highest BCUT2D eigenvalue weighted by molar-refractivity contribution is 6.18. The van der Waals surface area contributed by atoms with Gasteiger partial charge in [0.25, 0.3) is 0 Å². The molecule has 0 aliphatic carbocycles. The number of nitrogens with zero attached hydrogens (tertiary/aromatic N) is 6. The molecule has 2 heterocycles. The Balaban J connectivity index is 2.33. The third-order valence-electron chi connectivity index (χ3n) is 2.12. The standard InChI is InChI=1S/C8H11ClN6/c1-2-14(6-5-9)8-4-3-7-10-12-13-15(7)11-8/h3-4H,2,5-6H2,1H3. The third-order valence-corrected chi connectivity index (χ3v) is 2.28. The van der Waals surface area contributed by atoms with Crippen LogP contribution in [0, 0.1) is 0 Å². The van der Waals surface area contributed by atoms with Gasteiger partial charge < -0.3 is 4.90 Å². The number of fused-ring (bicyclic) bond motifs is 1. The van der Waals surface area contributed by atoms with Crippen LogP contribution in [0.15, 0.2) is 12.1 Å². The Morgan fingerprint density at radius 1 is 1.47 bits per heavy atom. The van der Waals surface area contributed by atoms with E-state index >= 15 is 0 Å². The molecule has 0 unspecified atom stereocenters. The Hall–Kier alpha value is -1.43. The van der Waals surface area contributed by atoms with Crippen molar-refractivity contribution >= 4 is 23.1 Å². The second-order valence-electron chi connectivity index (χ2n) is 2.99. The van der Waals surface area contributed by atoms with E-state index in [-0.39, 0.29) is 0 Å². The first-order chi connectivity index (χ1) is 7.35. The zero-order valence-corrected chi connectivity index (χ0v) is 9.09. The van der Waals surface area contributed by atoms with Gasteiger partial charge in [-0.3, -0.25) is 0 Å². The van der Waals surface area contributed by atoms with E-state index in [0.717, 1.165) is 18.9 Å². The Morgan fingerprint density at radius 3 is 3.07 bits per heavy atom. The van der Waals surface area contributed by atoms with Crippen LogP contribution < -0.4 is 4.90 Å². The van der Waals surface area contributed by atoms with Crippen molar-refractivity contribution in [2.24, 2.45) is 0 Å². The molecule has 0 aromatic carbocycles. The van der Waals surface area contributed by atoms with Gasteiger partial charge in [-0.15, -0.1) is 26.4 Å². The molecule has 15 heavy (non-hydrogen) atoms. The average molecular weight is 227 g/mol. The number of alkyl halides is 1. The molecule has 6 nitrogen and oxygen atoms in total. The summed E-state index contributed by atoms with van der Waals surface area (Å²) in [7, 11) is 0. The smallest absolute Gasteiger partial charge is 0.200 e. The van der Waals surface area contributed by atoms with Crippen molar-refractivity contribution in [1.82, 2.24) is 25.3 Å². The van der Waals surface area contributed by atoms with E-state index in [2.05, 4.69) is 32.4 Å². The molecular formula is C8H11ClN6. The summed E-state index contributed by atoms with van der Waals surface area (Å²) in [5.41, 5.74) is 0.640. The molecule has 0 fully saturated rings. The SMILES string of the molecule is CCN(CCCl)c1ccc2nnnn2n1. The maximum Gasteiger partial charge on any atom is 0.200 e. The second-order valence-corrected chi connectivity index (χ2v) is 3.36. The fourth-order valence-corrected chi connectivity index (χ4v) is 1.55. The van der Waals surface area contributed by atoms with Crippen LogP contribution >= 0.6 is 11.6 Å². The highest BCUT2D eigenvalue weighted by Gasteiger charge is 2.06. The maximum atomic E-state index is 5.71. The van der Waals surface area contributed by atoms with Gasteiger partial charge in [0, 0.05) is 19.0 Å². The van der Waals surface area contributed by atoms with Crippen LogP contribution in [0.2, 0.25) is 0 Å². The van der Waals surface area contributed by atoms with Crippen LogP contribution in [-0.4, -0.2) is 44.2 Å². The molecule has 0 aliphatic heterocycles. The molecule has 2 rings (SSSR count). The Morgan fingerprint density at radius 2 is 2.33 bits per heavy atom. The number of rotatable bonds is 4. The van der Waals surface area contributed by atoms with Gasteiger partial charge in [0.05, 0.1) is 0 Å². The number of anilines is 1. The van der Waals surface area contributed by atoms with Gasteiger partial charge in [0.2, 0.25) is 0 Å². The summed E-state index contributed by atoms with van der Waals surface area (Å²) in [6.07, 6.45) is 0. The predicted molar refractivity (Wildman–Crippen MR) is 57.2 cm³/mol. The zero-order chi connectivity index (χ0) is 10.7. The van der Waals surface area contributed by atoms with E-state index in [1.165, 1.54) is 4.63 Å². The van der Waals surface area contributed by atoms with Crippen LogP contribution in [0.25, 0.3) is 5.65 Å². The zero-order valence-electron chi connectivity index (χ0n) is 8.34. The minimum absolute atomic E-state index is 0.573. The summed E-state index contributed by atoms with van der Waals surface area (Å²) in [6, 6.07) is 3.72. The number of aromatic nitrogens is 5. The molecule has 0 atom stereocenters. The van der Waals surface area contributed by atoms with Crippen LogP contribution in [0.4, 0.5) is 5.82 Å². The lowest BCUT2D eigenvalue weighted by Crippen LogP contribution is -2.26. The van der Waals surface area contributed by atoms with Gasteiger partial charge >= 0.3 is 0 Å². The van der Waals surface area contributed by atoms with Crippen molar-refractivity contribution in [3.8, 4) is 0 Å². The van der Waals surface area contributed by atoms with Gasteiger partial charge in [0.15, 0.2) is 11.5 Å². The van der Waals surface area contributed by atoms with E-state index < -0.39 is 0 Å². The van der Waals surface area contributed by atoms with Crippen LogP contribution in [0.3, 0.4) is 0 Å². The molecule has 0 N–H and O–H groups in total. The van der Waals surface area contributed by atoms with Gasteiger partial charge in [-0.1, -0.05) is 0 Å². The number of hydrogen-bond acceptors (Lipinski definition) is 5. The summed E-state index contributed by atoms with van der Waals surface area (Å²) in [4.78, 5) is 2.06. The summed E-state index contributed by atoms with van der Waals surface area (Å²) >= 11 is 5.71. The quantitative estimate of drug-likeness (QED) is 0.714. The average Bonchev–Trinajstić information content (AvgIpc) is 2.72. The number of hydrogen-bond donors (Lipinski definition) is 0.